The van der Waals surface area contributed by atoms with E-state index in [0.29, 0.717) is 17.7 Å². The van der Waals surface area contributed by atoms with Crippen molar-refractivity contribution < 1.29 is 9.90 Å². The number of hydrogen-bond donors (Lipinski definition) is 2. The van der Waals surface area contributed by atoms with Crippen LogP contribution < -0.4 is 5.32 Å². The van der Waals surface area contributed by atoms with Crippen molar-refractivity contribution in [2.45, 2.75) is 30.8 Å². The highest BCUT2D eigenvalue weighted by Gasteiger charge is 2.17. The topological polar surface area (TPSA) is 73.1 Å². The van der Waals surface area contributed by atoms with Gasteiger partial charge in [-0.15, -0.1) is 11.8 Å². The number of benzene rings is 1. The van der Waals surface area contributed by atoms with Gasteiger partial charge >= 0.3 is 0 Å². The van der Waals surface area contributed by atoms with E-state index >= 15 is 0 Å². The first-order chi connectivity index (χ1) is 9.08. The first kappa shape index (κ1) is 15.5. The lowest BCUT2D eigenvalue weighted by molar-refractivity contribution is -0.115. The molecule has 2 N–H and O–H groups in total. The molecular formula is C14H18N2O2S. The number of thioether (sulfide) groups is 1. The predicted molar refractivity (Wildman–Crippen MR) is 78.0 cm³/mol. The minimum Gasteiger partial charge on any atom is -0.396 e. The molecule has 0 aromatic heterocycles. The lowest BCUT2D eigenvalue weighted by Crippen LogP contribution is -2.24. The molecule has 1 rings (SSSR count). The second-order valence-corrected chi connectivity index (χ2v) is 6.03. The van der Waals surface area contributed by atoms with Crippen LogP contribution in [0.2, 0.25) is 0 Å². The van der Waals surface area contributed by atoms with Gasteiger partial charge in [0.05, 0.1) is 16.5 Å². The number of amides is 1. The Bertz CT molecular complexity index is 471. The lowest BCUT2D eigenvalue weighted by atomic mass is 10.2. The second kappa shape index (κ2) is 7.82. The van der Waals surface area contributed by atoms with Crippen LogP contribution >= 0.6 is 11.8 Å². The van der Waals surface area contributed by atoms with Gasteiger partial charge in [0.2, 0.25) is 5.91 Å². The summed E-state index contributed by atoms with van der Waals surface area (Å²) < 4.78 is 0. The molecule has 0 heterocycles. The normalized spacial score (nSPS) is 13.4. The number of nitrogens with one attached hydrogen (secondary N) is 1. The Morgan fingerprint density at radius 3 is 2.79 bits per heavy atom. The number of para-hydroxylation sites is 1. The Kier molecular flexibility index (Phi) is 6.40. The van der Waals surface area contributed by atoms with Gasteiger partial charge in [-0.3, -0.25) is 4.79 Å². The van der Waals surface area contributed by atoms with Crippen molar-refractivity contribution in [1.82, 2.24) is 0 Å². The van der Waals surface area contributed by atoms with Crippen molar-refractivity contribution in [2.24, 2.45) is 0 Å². The van der Waals surface area contributed by atoms with E-state index in [1.165, 1.54) is 11.8 Å². The first-order valence-electron chi connectivity index (χ1n) is 6.14. The van der Waals surface area contributed by atoms with E-state index in [1.807, 2.05) is 19.9 Å². The Labute approximate surface area is 117 Å². The number of carbonyl (C=O) groups is 1. The molecule has 0 aliphatic heterocycles. The van der Waals surface area contributed by atoms with E-state index in [1.54, 1.807) is 24.3 Å². The van der Waals surface area contributed by atoms with Crippen LogP contribution in [0.1, 0.15) is 25.8 Å². The van der Waals surface area contributed by atoms with Crippen molar-refractivity contribution in [3.63, 3.8) is 0 Å². The molecule has 2 atom stereocenters. The fraction of sp³-hybridized carbons (Fsp3) is 0.429. The van der Waals surface area contributed by atoms with Crippen molar-refractivity contribution >= 4 is 23.4 Å². The van der Waals surface area contributed by atoms with Gasteiger partial charge in [-0.1, -0.05) is 19.1 Å². The molecule has 0 aliphatic carbocycles. The summed E-state index contributed by atoms with van der Waals surface area (Å²) in [5.41, 5.74) is 0.994. The Morgan fingerprint density at radius 2 is 2.16 bits per heavy atom. The van der Waals surface area contributed by atoms with Crippen molar-refractivity contribution in [2.75, 3.05) is 11.9 Å². The molecule has 0 radical (unpaired) electrons. The highest BCUT2D eigenvalue weighted by Crippen LogP contribution is 2.22. The third-order valence-corrected chi connectivity index (χ3v) is 3.97. The van der Waals surface area contributed by atoms with Gasteiger partial charge in [-0.2, -0.15) is 5.26 Å². The van der Waals surface area contributed by atoms with Crippen LogP contribution in [-0.4, -0.2) is 28.1 Å². The minimum absolute atomic E-state index is 0.125. The molecule has 2 unspecified atom stereocenters. The van der Waals surface area contributed by atoms with Gasteiger partial charge in [-0.25, -0.2) is 0 Å². The monoisotopic (exact) mass is 278 g/mol. The fourth-order valence-corrected chi connectivity index (χ4v) is 2.71. The van der Waals surface area contributed by atoms with Crippen molar-refractivity contribution in [3.05, 3.63) is 29.8 Å². The standard InChI is InChI=1S/C14H18N2O2S/c1-10(7-8-17)19-11(2)14(18)16-13-6-4-3-5-12(13)9-15/h3-6,10-11,17H,7-8H2,1-2H3,(H,16,18). The SMILES string of the molecule is CC(CCO)SC(C)C(=O)Nc1ccccc1C#N. The smallest absolute Gasteiger partial charge is 0.237 e. The third kappa shape index (κ3) is 4.93. The number of nitriles is 1. The lowest BCUT2D eigenvalue weighted by Gasteiger charge is -2.16. The highest BCUT2D eigenvalue weighted by molar-refractivity contribution is 8.01. The van der Waals surface area contributed by atoms with Gasteiger partial charge in [-0.05, 0) is 25.5 Å². The number of anilines is 1. The number of nitrogens with zero attached hydrogens (tertiary/aromatic N) is 1. The minimum atomic E-state index is -0.228. The molecule has 1 aromatic carbocycles. The summed E-state index contributed by atoms with van der Waals surface area (Å²) in [6.45, 7) is 3.93. The molecule has 1 aromatic rings. The zero-order valence-corrected chi connectivity index (χ0v) is 11.9. The summed E-state index contributed by atoms with van der Waals surface area (Å²) in [6, 6.07) is 8.97. The Morgan fingerprint density at radius 1 is 1.47 bits per heavy atom. The maximum absolute atomic E-state index is 12.0. The predicted octanol–water partition coefficient (Wildman–Crippen LogP) is 2.39. The van der Waals surface area contributed by atoms with Crippen LogP contribution in [-0.2, 0) is 4.79 Å². The average molecular weight is 278 g/mol. The van der Waals surface area contributed by atoms with E-state index in [4.69, 9.17) is 10.4 Å². The van der Waals surface area contributed by atoms with Gasteiger partial charge in [0, 0.05) is 11.9 Å². The second-order valence-electron chi connectivity index (χ2n) is 4.25. The molecule has 5 heteroatoms. The van der Waals surface area contributed by atoms with Crippen LogP contribution in [0.15, 0.2) is 24.3 Å². The Balaban J connectivity index is 2.62. The summed E-state index contributed by atoms with van der Waals surface area (Å²) in [5, 5.41) is 20.5. The van der Waals surface area contributed by atoms with Gasteiger partial charge in [0.1, 0.15) is 6.07 Å². The number of hydrogen-bond acceptors (Lipinski definition) is 4. The van der Waals surface area contributed by atoms with E-state index in [0.717, 1.165) is 0 Å². The van der Waals surface area contributed by atoms with Crippen LogP contribution in [0.4, 0.5) is 5.69 Å². The summed E-state index contributed by atoms with van der Waals surface area (Å²) in [4.78, 5) is 12.0. The molecular weight excluding hydrogens is 260 g/mol. The van der Waals surface area contributed by atoms with E-state index < -0.39 is 0 Å². The zero-order chi connectivity index (χ0) is 14.3. The van der Waals surface area contributed by atoms with Crippen LogP contribution in [0.25, 0.3) is 0 Å². The third-order valence-electron chi connectivity index (χ3n) is 2.65. The summed E-state index contributed by atoms with van der Waals surface area (Å²) in [5.74, 6) is -0.127. The average Bonchev–Trinajstić information content (AvgIpc) is 2.39. The molecule has 0 saturated heterocycles. The number of rotatable bonds is 6. The van der Waals surface area contributed by atoms with Crippen LogP contribution in [0.5, 0.6) is 0 Å². The molecule has 4 nitrogen and oxygen atoms in total. The first-order valence-corrected chi connectivity index (χ1v) is 7.09. The molecule has 0 saturated carbocycles. The number of aliphatic hydroxyl groups is 1. The summed E-state index contributed by atoms with van der Waals surface area (Å²) in [7, 11) is 0. The van der Waals surface area contributed by atoms with Crippen LogP contribution in [0.3, 0.4) is 0 Å². The van der Waals surface area contributed by atoms with Gasteiger partial charge < -0.3 is 10.4 Å². The van der Waals surface area contributed by atoms with Crippen molar-refractivity contribution in [3.8, 4) is 6.07 Å². The fourth-order valence-electron chi connectivity index (χ4n) is 1.58. The molecule has 0 aliphatic rings. The maximum atomic E-state index is 12.0. The van der Waals surface area contributed by atoms with Crippen molar-refractivity contribution in [1.29, 1.82) is 5.26 Å². The molecule has 0 spiro atoms. The molecule has 1 amide bonds. The number of aliphatic hydroxyl groups excluding tert-OH is 1. The van der Waals surface area contributed by atoms with Gasteiger partial charge in [0.25, 0.3) is 0 Å². The maximum Gasteiger partial charge on any atom is 0.237 e. The number of carbonyl (C=O) groups excluding carboxylic acids is 1. The molecule has 0 bridgehead atoms. The zero-order valence-electron chi connectivity index (χ0n) is 11.1. The highest BCUT2D eigenvalue weighted by atomic mass is 32.2. The Hall–Kier alpha value is -1.51. The summed E-state index contributed by atoms with van der Waals surface area (Å²) >= 11 is 1.51. The van der Waals surface area contributed by atoms with E-state index in [-0.39, 0.29) is 23.0 Å². The quantitative estimate of drug-likeness (QED) is 0.838. The summed E-state index contributed by atoms with van der Waals surface area (Å²) in [6.07, 6.45) is 0.664. The molecule has 19 heavy (non-hydrogen) atoms. The van der Waals surface area contributed by atoms with Crippen LogP contribution in [0, 0.1) is 11.3 Å². The van der Waals surface area contributed by atoms with E-state index in [2.05, 4.69) is 5.32 Å². The van der Waals surface area contributed by atoms with Gasteiger partial charge in [0.15, 0.2) is 0 Å². The molecule has 102 valence electrons. The largest absolute Gasteiger partial charge is 0.396 e. The molecule has 0 fully saturated rings. The van der Waals surface area contributed by atoms with E-state index in [9.17, 15) is 4.79 Å².